The number of phenols is 1. The molecular formula is C15H18N2O4. The predicted octanol–water partition coefficient (Wildman–Crippen LogP) is 2.56. The van der Waals surface area contributed by atoms with Gasteiger partial charge in [0.15, 0.2) is 17.3 Å². The van der Waals surface area contributed by atoms with Crippen LogP contribution >= 0.6 is 0 Å². The maximum atomic E-state index is 10.1. The molecule has 1 N–H and O–H groups in total. The first-order valence-electron chi connectivity index (χ1n) is 7.08. The molecule has 2 heterocycles. The first-order valence-corrected chi connectivity index (χ1v) is 7.08. The van der Waals surface area contributed by atoms with Gasteiger partial charge in [0.2, 0.25) is 0 Å². The molecule has 0 aliphatic carbocycles. The van der Waals surface area contributed by atoms with Crippen LogP contribution in [0.4, 0.5) is 0 Å². The summed E-state index contributed by atoms with van der Waals surface area (Å²) in [5.41, 5.74) is 0.470. The molecule has 1 unspecified atom stereocenters. The van der Waals surface area contributed by atoms with Crippen molar-refractivity contribution in [1.82, 2.24) is 10.1 Å². The van der Waals surface area contributed by atoms with Gasteiger partial charge in [-0.3, -0.25) is 0 Å². The summed E-state index contributed by atoms with van der Waals surface area (Å²) in [6.07, 6.45) is 4.10. The van der Waals surface area contributed by atoms with Crippen LogP contribution in [0.1, 0.15) is 25.1 Å². The number of ether oxygens (including phenoxy) is 2. The van der Waals surface area contributed by atoms with Gasteiger partial charge >= 0.3 is 0 Å². The van der Waals surface area contributed by atoms with Crippen LogP contribution in [0.3, 0.4) is 0 Å². The van der Waals surface area contributed by atoms with E-state index in [4.69, 9.17) is 14.0 Å². The first kappa shape index (κ1) is 13.9. The number of nitrogens with zero attached hydrogens (tertiary/aromatic N) is 2. The van der Waals surface area contributed by atoms with Gasteiger partial charge < -0.3 is 19.1 Å². The lowest BCUT2D eigenvalue weighted by molar-refractivity contribution is 0.0153. The van der Waals surface area contributed by atoms with E-state index in [-0.39, 0.29) is 17.7 Å². The highest BCUT2D eigenvalue weighted by atomic mass is 16.5. The molecule has 6 nitrogen and oxygen atoms in total. The number of aromatic hydroxyl groups is 1. The van der Waals surface area contributed by atoms with E-state index in [0.717, 1.165) is 19.4 Å². The number of hydrogen-bond acceptors (Lipinski definition) is 6. The summed E-state index contributed by atoms with van der Waals surface area (Å²) in [7, 11) is 1.50. The van der Waals surface area contributed by atoms with Crippen molar-refractivity contribution in [2.45, 2.75) is 31.8 Å². The minimum Gasteiger partial charge on any atom is -0.504 e. The maximum absolute atomic E-state index is 10.1. The van der Waals surface area contributed by atoms with E-state index in [0.29, 0.717) is 23.6 Å². The van der Waals surface area contributed by atoms with Gasteiger partial charge in [-0.05, 0) is 31.4 Å². The van der Waals surface area contributed by atoms with Crippen LogP contribution in [0.15, 0.2) is 22.7 Å². The van der Waals surface area contributed by atoms with Crippen LogP contribution in [0.2, 0.25) is 0 Å². The van der Waals surface area contributed by atoms with Crippen LogP contribution in [-0.2, 0) is 11.2 Å². The smallest absolute Gasteiger partial charge is 0.261 e. The Kier molecular flexibility index (Phi) is 4.06. The number of para-hydroxylation sites is 1. The van der Waals surface area contributed by atoms with Gasteiger partial charge in [0.05, 0.1) is 18.8 Å². The lowest BCUT2D eigenvalue weighted by Gasteiger charge is -2.20. The molecule has 0 saturated carbocycles. The van der Waals surface area contributed by atoms with Crippen LogP contribution in [0, 0.1) is 0 Å². The van der Waals surface area contributed by atoms with Gasteiger partial charge in [0, 0.05) is 13.0 Å². The Balaban J connectivity index is 1.78. The average molecular weight is 290 g/mol. The van der Waals surface area contributed by atoms with E-state index in [1.165, 1.54) is 13.5 Å². The molecule has 0 amide bonds. The van der Waals surface area contributed by atoms with Crippen molar-refractivity contribution >= 4 is 0 Å². The number of phenolic OH excluding ortho intramolecular Hbond substituents is 1. The normalized spacial score (nSPS) is 18.6. The zero-order valence-electron chi connectivity index (χ0n) is 11.9. The van der Waals surface area contributed by atoms with Gasteiger partial charge in [0.25, 0.3) is 5.89 Å². The van der Waals surface area contributed by atoms with Crippen molar-refractivity contribution in [3.63, 3.8) is 0 Å². The topological polar surface area (TPSA) is 77.6 Å². The van der Waals surface area contributed by atoms with Crippen LogP contribution in [0.5, 0.6) is 11.5 Å². The fourth-order valence-corrected chi connectivity index (χ4v) is 2.48. The number of aromatic nitrogens is 2. The van der Waals surface area contributed by atoms with Gasteiger partial charge in [-0.15, -0.1) is 0 Å². The minimum absolute atomic E-state index is 0.00381. The molecule has 6 heteroatoms. The van der Waals surface area contributed by atoms with Gasteiger partial charge in [-0.25, -0.2) is 0 Å². The second-order valence-electron chi connectivity index (χ2n) is 5.06. The third kappa shape index (κ3) is 3.00. The summed E-state index contributed by atoms with van der Waals surface area (Å²) in [5.74, 6) is 1.27. The standard InChI is InChI=1S/C15H18N2O4/c1-19-12-7-4-6-11(14(12)18)15-16-13(17-21-15)9-10-5-2-3-8-20-10/h4,6-7,10,18H,2-3,5,8-9H2,1H3. The molecule has 1 aliphatic rings. The van der Waals surface area contributed by atoms with Crippen molar-refractivity contribution in [3.8, 4) is 23.0 Å². The zero-order chi connectivity index (χ0) is 14.7. The second-order valence-corrected chi connectivity index (χ2v) is 5.06. The Hall–Kier alpha value is -2.08. The minimum atomic E-state index is 0.00381. The van der Waals surface area contributed by atoms with E-state index in [1.54, 1.807) is 18.2 Å². The van der Waals surface area contributed by atoms with Gasteiger partial charge in [-0.1, -0.05) is 11.2 Å². The molecule has 2 aromatic rings. The lowest BCUT2D eigenvalue weighted by atomic mass is 10.1. The van der Waals surface area contributed by atoms with E-state index in [2.05, 4.69) is 10.1 Å². The van der Waals surface area contributed by atoms with E-state index >= 15 is 0 Å². The molecule has 0 radical (unpaired) electrons. The zero-order valence-corrected chi connectivity index (χ0v) is 11.9. The molecule has 21 heavy (non-hydrogen) atoms. The molecule has 0 bridgehead atoms. The fourth-order valence-electron chi connectivity index (χ4n) is 2.48. The second kappa shape index (κ2) is 6.13. The van der Waals surface area contributed by atoms with Crippen molar-refractivity contribution in [3.05, 3.63) is 24.0 Å². The maximum Gasteiger partial charge on any atom is 0.261 e. The largest absolute Gasteiger partial charge is 0.504 e. The Morgan fingerprint density at radius 2 is 2.29 bits per heavy atom. The average Bonchev–Trinajstić information content (AvgIpc) is 2.97. The molecule has 3 rings (SSSR count). The van der Waals surface area contributed by atoms with E-state index in [9.17, 15) is 5.11 Å². The van der Waals surface area contributed by atoms with Crippen molar-refractivity contribution in [2.24, 2.45) is 0 Å². The number of methoxy groups -OCH3 is 1. The summed E-state index contributed by atoms with van der Waals surface area (Å²) in [6, 6.07) is 5.15. The Labute approximate surface area is 122 Å². The van der Waals surface area contributed by atoms with E-state index in [1.807, 2.05) is 0 Å². The molecule has 1 aliphatic heterocycles. The summed E-state index contributed by atoms with van der Waals surface area (Å²) >= 11 is 0. The predicted molar refractivity (Wildman–Crippen MR) is 75.2 cm³/mol. The number of benzene rings is 1. The van der Waals surface area contributed by atoms with Crippen LogP contribution < -0.4 is 4.74 Å². The summed E-state index contributed by atoms with van der Waals surface area (Å²) < 4.78 is 16.0. The fraction of sp³-hybridized carbons (Fsp3) is 0.467. The number of hydrogen-bond donors (Lipinski definition) is 1. The highest BCUT2D eigenvalue weighted by molar-refractivity contribution is 5.66. The molecule has 1 saturated heterocycles. The van der Waals surface area contributed by atoms with Crippen molar-refractivity contribution in [1.29, 1.82) is 0 Å². The molecule has 0 spiro atoms. The van der Waals surface area contributed by atoms with Crippen LogP contribution in [-0.4, -0.2) is 35.1 Å². The van der Waals surface area contributed by atoms with E-state index < -0.39 is 0 Å². The van der Waals surface area contributed by atoms with Crippen molar-refractivity contribution < 1.29 is 19.1 Å². The summed E-state index contributed by atoms with van der Waals surface area (Å²) in [4.78, 5) is 4.34. The van der Waals surface area contributed by atoms with Gasteiger partial charge in [-0.2, -0.15) is 4.98 Å². The summed E-state index contributed by atoms with van der Waals surface area (Å²) in [5, 5.41) is 14.1. The molecule has 1 aromatic carbocycles. The molecule has 1 atom stereocenters. The SMILES string of the molecule is COc1cccc(-c2nc(CC3CCCCO3)no2)c1O. The third-order valence-electron chi connectivity index (χ3n) is 3.60. The Morgan fingerprint density at radius 1 is 1.38 bits per heavy atom. The highest BCUT2D eigenvalue weighted by Crippen LogP contribution is 2.35. The molecular weight excluding hydrogens is 272 g/mol. The lowest BCUT2D eigenvalue weighted by Crippen LogP contribution is -2.21. The van der Waals surface area contributed by atoms with Crippen LogP contribution in [0.25, 0.3) is 11.5 Å². The molecule has 1 aromatic heterocycles. The Bertz CT molecular complexity index is 605. The van der Waals surface area contributed by atoms with Crippen molar-refractivity contribution in [2.75, 3.05) is 13.7 Å². The monoisotopic (exact) mass is 290 g/mol. The molecule has 112 valence electrons. The third-order valence-corrected chi connectivity index (χ3v) is 3.60. The highest BCUT2D eigenvalue weighted by Gasteiger charge is 2.20. The quantitative estimate of drug-likeness (QED) is 0.932. The molecule has 1 fully saturated rings. The number of rotatable bonds is 4. The first-order chi connectivity index (χ1) is 10.3. The Morgan fingerprint density at radius 3 is 3.05 bits per heavy atom. The summed E-state index contributed by atoms with van der Waals surface area (Å²) in [6.45, 7) is 0.798. The van der Waals surface area contributed by atoms with Gasteiger partial charge in [0.1, 0.15) is 0 Å².